The van der Waals surface area contributed by atoms with E-state index in [1.165, 1.54) is 12.8 Å². The lowest BCUT2D eigenvalue weighted by Gasteiger charge is -2.25. The summed E-state index contributed by atoms with van der Waals surface area (Å²) in [5, 5.41) is 0. The number of rotatable bonds is 1. The Morgan fingerprint density at radius 1 is 1.67 bits per heavy atom. The average molecular weight is 129 g/mol. The molecule has 2 N–H and O–H groups in total. The third-order valence-corrected chi connectivity index (χ3v) is 2.62. The van der Waals surface area contributed by atoms with Crippen molar-refractivity contribution in [1.29, 1.82) is 0 Å². The van der Waals surface area contributed by atoms with Crippen LogP contribution >= 0.6 is 0 Å². The van der Waals surface area contributed by atoms with Crippen LogP contribution in [0.3, 0.4) is 0 Å². The monoisotopic (exact) mass is 129 g/mol. The summed E-state index contributed by atoms with van der Waals surface area (Å²) >= 11 is 0. The summed E-state index contributed by atoms with van der Waals surface area (Å²) < 4.78 is 0. The van der Waals surface area contributed by atoms with Crippen molar-refractivity contribution in [3.63, 3.8) is 0 Å². The second kappa shape index (κ2) is 2.27. The van der Waals surface area contributed by atoms with Crippen molar-refractivity contribution in [1.82, 2.24) is 0 Å². The van der Waals surface area contributed by atoms with E-state index in [9.17, 15) is 0 Å². The topological polar surface area (TPSA) is 35.2 Å². The fourth-order valence-corrected chi connectivity index (χ4v) is 1.49. The molecule has 0 aromatic heterocycles. The molecule has 0 saturated heterocycles. The first-order valence-corrected chi connectivity index (χ1v) is 3.57. The van der Waals surface area contributed by atoms with Crippen LogP contribution < -0.4 is 5.90 Å². The van der Waals surface area contributed by atoms with Crippen LogP contribution in [0.2, 0.25) is 0 Å². The van der Waals surface area contributed by atoms with Gasteiger partial charge in [-0.05, 0) is 25.7 Å². The molecule has 0 spiro atoms. The fourth-order valence-electron chi connectivity index (χ4n) is 1.49. The molecule has 1 aliphatic carbocycles. The third-order valence-electron chi connectivity index (χ3n) is 2.62. The minimum Gasteiger partial charge on any atom is -0.298 e. The lowest BCUT2D eigenvalue weighted by molar-refractivity contribution is -0.0562. The van der Waals surface area contributed by atoms with E-state index < -0.39 is 0 Å². The summed E-state index contributed by atoms with van der Waals surface area (Å²) in [6.07, 6.45) is 3.63. The van der Waals surface area contributed by atoms with Crippen molar-refractivity contribution >= 4 is 0 Å². The number of nitrogens with two attached hydrogens (primary N) is 1. The zero-order chi connectivity index (χ0) is 6.91. The van der Waals surface area contributed by atoms with Gasteiger partial charge >= 0.3 is 0 Å². The average Bonchev–Trinajstić information content (AvgIpc) is 2.15. The lowest BCUT2D eigenvalue weighted by atomic mass is 9.95. The summed E-state index contributed by atoms with van der Waals surface area (Å²) in [6, 6.07) is 0. The Morgan fingerprint density at radius 2 is 2.33 bits per heavy atom. The summed E-state index contributed by atoms with van der Waals surface area (Å²) in [6.45, 7) is 4.28. The van der Waals surface area contributed by atoms with Crippen molar-refractivity contribution < 1.29 is 4.84 Å². The van der Waals surface area contributed by atoms with Gasteiger partial charge < -0.3 is 0 Å². The van der Waals surface area contributed by atoms with E-state index in [1.807, 2.05) is 0 Å². The van der Waals surface area contributed by atoms with Crippen molar-refractivity contribution in [2.75, 3.05) is 0 Å². The maximum Gasteiger partial charge on any atom is 0.0891 e. The summed E-state index contributed by atoms with van der Waals surface area (Å²) in [5.41, 5.74) is -0.0278. The molecular formula is C7H15NO. The van der Waals surface area contributed by atoms with Crippen molar-refractivity contribution in [2.24, 2.45) is 11.8 Å². The molecule has 0 radical (unpaired) electrons. The molecule has 0 aromatic rings. The Kier molecular flexibility index (Phi) is 1.78. The van der Waals surface area contributed by atoms with Gasteiger partial charge in [0.1, 0.15) is 0 Å². The first-order chi connectivity index (χ1) is 4.19. The Bertz CT molecular complexity index is 105. The molecule has 1 saturated carbocycles. The van der Waals surface area contributed by atoms with E-state index in [1.54, 1.807) is 0 Å². The van der Waals surface area contributed by atoms with Crippen LogP contribution in [0.4, 0.5) is 0 Å². The van der Waals surface area contributed by atoms with Crippen molar-refractivity contribution in [2.45, 2.75) is 38.7 Å². The van der Waals surface area contributed by atoms with Crippen LogP contribution in [-0.2, 0) is 4.84 Å². The van der Waals surface area contributed by atoms with Crippen LogP contribution in [0.25, 0.3) is 0 Å². The van der Waals surface area contributed by atoms with Gasteiger partial charge in [-0.1, -0.05) is 13.3 Å². The van der Waals surface area contributed by atoms with Gasteiger partial charge in [0.25, 0.3) is 0 Å². The second-order valence-corrected chi connectivity index (χ2v) is 3.22. The highest BCUT2D eigenvalue weighted by molar-refractivity contribution is 4.86. The van der Waals surface area contributed by atoms with Crippen molar-refractivity contribution in [3.8, 4) is 0 Å². The molecule has 54 valence electrons. The normalized spacial score (nSPS) is 43.7. The number of hydrogen-bond donors (Lipinski definition) is 1. The minimum absolute atomic E-state index is 0.0278. The van der Waals surface area contributed by atoms with Gasteiger partial charge in [-0.15, -0.1) is 0 Å². The summed E-state index contributed by atoms with van der Waals surface area (Å²) in [5.74, 6) is 5.79. The highest BCUT2D eigenvalue weighted by Gasteiger charge is 2.36. The van der Waals surface area contributed by atoms with E-state index in [2.05, 4.69) is 13.8 Å². The Hall–Kier alpha value is -0.0800. The van der Waals surface area contributed by atoms with E-state index in [0.29, 0.717) is 5.92 Å². The van der Waals surface area contributed by atoms with Gasteiger partial charge in [-0.3, -0.25) is 4.84 Å². The van der Waals surface area contributed by atoms with Gasteiger partial charge in [0, 0.05) is 0 Å². The molecule has 1 aliphatic rings. The van der Waals surface area contributed by atoms with Gasteiger partial charge in [0.05, 0.1) is 5.60 Å². The molecule has 2 unspecified atom stereocenters. The fraction of sp³-hybridized carbons (Fsp3) is 1.00. The first kappa shape index (κ1) is 7.03. The molecule has 0 heterocycles. The predicted octanol–water partition coefficient (Wildman–Crippen LogP) is 1.46. The molecule has 0 aliphatic heterocycles. The van der Waals surface area contributed by atoms with E-state index in [0.717, 1.165) is 6.42 Å². The highest BCUT2D eigenvalue weighted by Crippen LogP contribution is 2.36. The second-order valence-electron chi connectivity index (χ2n) is 3.22. The van der Waals surface area contributed by atoms with Gasteiger partial charge in [-0.25, -0.2) is 5.90 Å². The van der Waals surface area contributed by atoms with Crippen LogP contribution in [0.1, 0.15) is 33.1 Å². The van der Waals surface area contributed by atoms with Crippen LogP contribution in [-0.4, -0.2) is 5.60 Å². The molecule has 0 bridgehead atoms. The van der Waals surface area contributed by atoms with E-state index >= 15 is 0 Å². The maximum atomic E-state index is 5.16. The Balaban J connectivity index is 2.56. The van der Waals surface area contributed by atoms with E-state index in [4.69, 9.17) is 10.7 Å². The molecule has 1 fully saturated rings. The van der Waals surface area contributed by atoms with Gasteiger partial charge in [0.2, 0.25) is 0 Å². The molecule has 2 heteroatoms. The van der Waals surface area contributed by atoms with Gasteiger partial charge in [0.15, 0.2) is 0 Å². The first-order valence-electron chi connectivity index (χ1n) is 3.57. The largest absolute Gasteiger partial charge is 0.298 e. The molecule has 1 rings (SSSR count). The SMILES string of the molecule is CC1CCCC1(C)ON. The lowest BCUT2D eigenvalue weighted by Crippen LogP contribution is -2.34. The molecular weight excluding hydrogens is 114 g/mol. The summed E-state index contributed by atoms with van der Waals surface area (Å²) in [7, 11) is 0. The summed E-state index contributed by atoms with van der Waals surface area (Å²) in [4.78, 5) is 4.91. The third kappa shape index (κ3) is 1.10. The quantitative estimate of drug-likeness (QED) is 0.544. The zero-order valence-corrected chi connectivity index (χ0v) is 6.18. The Labute approximate surface area is 56.3 Å². The number of hydrogen-bond acceptors (Lipinski definition) is 2. The van der Waals surface area contributed by atoms with Gasteiger partial charge in [-0.2, -0.15) is 0 Å². The Morgan fingerprint density at radius 3 is 2.56 bits per heavy atom. The molecule has 2 nitrogen and oxygen atoms in total. The van der Waals surface area contributed by atoms with E-state index in [-0.39, 0.29) is 5.60 Å². The molecule has 0 aromatic carbocycles. The highest BCUT2D eigenvalue weighted by atomic mass is 16.6. The smallest absolute Gasteiger partial charge is 0.0891 e. The maximum absolute atomic E-state index is 5.16. The standard InChI is InChI=1S/C7H15NO/c1-6-4-3-5-7(6,2)9-8/h6H,3-5,8H2,1-2H3. The van der Waals surface area contributed by atoms with Crippen LogP contribution in [0.5, 0.6) is 0 Å². The minimum atomic E-state index is -0.0278. The van der Waals surface area contributed by atoms with Crippen LogP contribution in [0, 0.1) is 5.92 Å². The molecule has 0 amide bonds. The molecule has 2 atom stereocenters. The van der Waals surface area contributed by atoms with Crippen LogP contribution in [0.15, 0.2) is 0 Å². The molecule has 9 heavy (non-hydrogen) atoms. The van der Waals surface area contributed by atoms with Crippen molar-refractivity contribution in [3.05, 3.63) is 0 Å². The predicted molar refractivity (Wildman–Crippen MR) is 36.7 cm³/mol. The zero-order valence-electron chi connectivity index (χ0n) is 6.18.